The van der Waals surface area contributed by atoms with E-state index >= 15 is 0 Å². The van der Waals surface area contributed by atoms with Gasteiger partial charge in [0.15, 0.2) is 0 Å². The molecule has 0 aromatic carbocycles. The zero-order chi connectivity index (χ0) is 9.52. The molecule has 0 spiro atoms. The summed E-state index contributed by atoms with van der Waals surface area (Å²) in [6, 6.07) is 0. The quantitative estimate of drug-likeness (QED) is 0.669. The largest absolute Gasteiger partial charge is 0.393 e. The summed E-state index contributed by atoms with van der Waals surface area (Å²) in [6.45, 7) is 2.14. The summed E-state index contributed by atoms with van der Waals surface area (Å²) < 4.78 is 0. The molecule has 0 amide bonds. The molecule has 1 atom stereocenters. The molecule has 1 aliphatic carbocycles. The molecule has 78 valence electrons. The van der Waals surface area contributed by atoms with Gasteiger partial charge in [-0.05, 0) is 18.8 Å². The maximum atomic E-state index is 9.52. The summed E-state index contributed by atoms with van der Waals surface area (Å²) in [6.07, 6.45) is 11.5. The van der Waals surface area contributed by atoms with E-state index in [4.69, 9.17) is 0 Å². The lowest BCUT2D eigenvalue weighted by Crippen LogP contribution is -2.06. The van der Waals surface area contributed by atoms with Crippen molar-refractivity contribution in [3.8, 4) is 0 Å². The molecule has 0 saturated heterocycles. The average Bonchev–Trinajstić information content (AvgIpc) is 2.57. The van der Waals surface area contributed by atoms with Gasteiger partial charge in [-0.2, -0.15) is 0 Å². The van der Waals surface area contributed by atoms with Crippen molar-refractivity contribution in [3.05, 3.63) is 0 Å². The van der Waals surface area contributed by atoms with Gasteiger partial charge in [-0.1, -0.05) is 51.9 Å². The summed E-state index contributed by atoms with van der Waals surface area (Å²) in [5.41, 5.74) is 0. The summed E-state index contributed by atoms with van der Waals surface area (Å²) in [4.78, 5) is 0. The van der Waals surface area contributed by atoms with Crippen molar-refractivity contribution in [3.63, 3.8) is 0 Å². The van der Waals surface area contributed by atoms with Crippen LogP contribution in [0.1, 0.15) is 64.7 Å². The molecule has 13 heavy (non-hydrogen) atoms. The SMILES string of the molecule is CCCC(O)CCCC1CCCC1. The molecule has 0 aromatic heterocycles. The molecule has 1 unspecified atom stereocenters. The van der Waals surface area contributed by atoms with E-state index in [-0.39, 0.29) is 6.10 Å². The molecule has 0 heterocycles. The van der Waals surface area contributed by atoms with E-state index in [1.807, 2.05) is 0 Å². The Morgan fingerprint density at radius 3 is 2.54 bits per heavy atom. The van der Waals surface area contributed by atoms with Crippen LogP contribution in [0.15, 0.2) is 0 Å². The Kier molecular flexibility index (Phi) is 5.45. The molecule has 1 aliphatic rings. The van der Waals surface area contributed by atoms with E-state index in [1.165, 1.54) is 38.5 Å². The van der Waals surface area contributed by atoms with Gasteiger partial charge in [-0.15, -0.1) is 0 Å². The third kappa shape index (κ3) is 4.66. The van der Waals surface area contributed by atoms with E-state index in [0.717, 1.165) is 25.2 Å². The smallest absolute Gasteiger partial charge is 0.0540 e. The van der Waals surface area contributed by atoms with E-state index in [0.29, 0.717) is 0 Å². The van der Waals surface area contributed by atoms with Crippen molar-refractivity contribution in [2.24, 2.45) is 5.92 Å². The Balaban J connectivity index is 1.93. The number of hydrogen-bond donors (Lipinski definition) is 1. The highest BCUT2D eigenvalue weighted by molar-refractivity contribution is 4.68. The number of hydrogen-bond acceptors (Lipinski definition) is 1. The van der Waals surface area contributed by atoms with Crippen LogP contribution in [0.4, 0.5) is 0 Å². The lowest BCUT2D eigenvalue weighted by Gasteiger charge is -2.11. The molecule has 0 aliphatic heterocycles. The van der Waals surface area contributed by atoms with Crippen LogP contribution in [0.5, 0.6) is 0 Å². The second-order valence-electron chi connectivity index (χ2n) is 4.52. The first-order valence-corrected chi connectivity index (χ1v) is 6.01. The standard InChI is InChI=1S/C12H24O/c1-2-6-12(13)10-5-9-11-7-3-4-8-11/h11-13H,2-10H2,1H3. The van der Waals surface area contributed by atoms with Crippen LogP contribution >= 0.6 is 0 Å². The van der Waals surface area contributed by atoms with Gasteiger partial charge < -0.3 is 5.11 Å². The van der Waals surface area contributed by atoms with Gasteiger partial charge >= 0.3 is 0 Å². The molecule has 1 nitrogen and oxygen atoms in total. The van der Waals surface area contributed by atoms with Crippen LogP contribution in [0.2, 0.25) is 0 Å². The van der Waals surface area contributed by atoms with Crippen molar-refractivity contribution in [1.29, 1.82) is 0 Å². The van der Waals surface area contributed by atoms with E-state index in [2.05, 4.69) is 6.92 Å². The number of rotatable bonds is 6. The zero-order valence-corrected chi connectivity index (χ0v) is 8.97. The molecule has 0 radical (unpaired) electrons. The van der Waals surface area contributed by atoms with Gasteiger partial charge in [0, 0.05) is 0 Å². The normalized spacial score (nSPS) is 20.8. The predicted octanol–water partition coefficient (Wildman–Crippen LogP) is 3.51. The topological polar surface area (TPSA) is 20.2 Å². The monoisotopic (exact) mass is 184 g/mol. The van der Waals surface area contributed by atoms with Crippen LogP contribution in [-0.4, -0.2) is 11.2 Å². The summed E-state index contributed by atoms with van der Waals surface area (Å²) in [7, 11) is 0. The molecule has 1 saturated carbocycles. The molecule has 0 bridgehead atoms. The lowest BCUT2D eigenvalue weighted by atomic mass is 9.98. The van der Waals surface area contributed by atoms with Crippen molar-refractivity contribution < 1.29 is 5.11 Å². The maximum Gasteiger partial charge on any atom is 0.0540 e. The third-order valence-electron chi connectivity index (χ3n) is 3.25. The second kappa shape index (κ2) is 6.42. The second-order valence-corrected chi connectivity index (χ2v) is 4.52. The Hall–Kier alpha value is -0.0400. The Morgan fingerprint density at radius 1 is 1.23 bits per heavy atom. The number of aliphatic hydroxyl groups excluding tert-OH is 1. The first-order chi connectivity index (χ1) is 6.33. The molecule has 1 rings (SSSR count). The molecule has 1 heteroatoms. The molecule has 1 N–H and O–H groups in total. The highest BCUT2D eigenvalue weighted by Crippen LogP contribution is 2.29. The fourth-order valence-electron chi connectivity index (χ4n) is 2.42. The van der Waals surface area contributed by atoms with E-state index in [1.54, 1.807) is 0 Å². The highest BCUT2D eigenvalue weighted by Gasteiger charge is 2.14. The maximum absolute atomic E-state index is 9.52. The Bertz CT molecular complexity index is 116. The van der Waals surface area contributed by atoms with Crippen molar-refractivity contribution in [2.75, 3.05) is 0 Å². The van der Waals surface area contributed by atoms with Crippen LogP contribution < -0.4 is 0 Å². The zero-order valence-electron chi connectivity index (χ0n) is 8.97. The molecular weight excluding hydrogens is 160 g/mol. The first kappa shape index (κ1) is 11.0. The van der Waals surface area contributed by atoms with Crippen LogP contribution in [-0.2, 0) is 0 Å². The van der Waals surface area contributed by atoms with Crippen LogP contribution in [0.3, 0.4) is 0 Å². The van der Waals surface area contributed by atoms with Gasteiger partial charge in [0.05, 0.1) is 6.10 Å². The summed E-state index contributed by atoms with van der Waals surface area (Å²) in [5, 5.41) is 9.52. The average molecular weight is 184 g/mol. The minimum absolute atomic E-state index is 0.0218. The highest BCUT2D eigenvalue weighted by atomic mass is 16.3. The fourth-order valence-corrected chi connectivity index (χ4v) is 2.42. The minimum atomic E-state index is -0.0218. The van der Waals surface area contributed by atoms with Crippen molar-refractivity contribution >= 4 is 0 Å². The van der Waals surface area contributed by atoms with Gasteiger partial charge in [-0.3, -0.25) is 0 Å². The molecular formula is C12H24O. The molecule has 0 aromatic rings. The van der Waals surface area contributed by atoms with Gasteiger partial charge in [-0.25, -0.2) is 0 Å². The molecule has 1 fully saturated rings. The lowest BCUT2D eigenvalue weighted by molar-refractivity contribution is 0.148. The Morgan fingerprint density at radius 2 is 1.92 bits per heavy atom. The van der Waals surface area contributed by atoms with Gasteiger partial charge in [0.1, 0.15) is 0 Å². The van der Waals surface area contributed by atoms with Crippen LogP contribution in [0, 0.1) is 5.92 Å². The van der Waals surface area contributed by atoms with E-state index in [9.17, 15) is 5.11 Å². The Labute approximate surface area is 82.5 Å². The van der Waals surface area contributed by atoms with Gasteiger partial charge in [0.25, 0.3) is 0 Å². The van der Waals surface area contributed by atoms with E-state index < -0.39 is 0 Å². The summed E-state index contributed by atoms with van der Waals surface area (Å²) >= 11 is 0. The third-order valence-corrected chi connectivity index (χ3v) is 3.25. The first-order valence-electron chi connectivity index (χ1n) is 6.01. The van der Waals surface area contributed by atoms with Crippen LogP contribution in [0.25, 0.3) is 0 Å². The fraction of sp³-hybridized carbons (Fsp3) is 1.00. The number of aliphatic hydroxyl groups is 1. The van der Waals surface area contributed by atoms with Crippen molar-refractivity contribution in [2.45, 2.75) is 70.8 Å². The predicted molar refractivity (Wildman–Crippen MR) is 56.7 cm³/mol. The summed E-state index contributed by atoms with van der Waals surface area (Å²) in [5.74, 6) is 0.994. The van der Waals surface area contributed by atoms with Crippen molar-refractivity contribution in [1.82, 2.24) is 0 Å². The minimum Gasteiger partial charge on any atom is -0.393 e. The van der Waals surface area contributed by atoms with Gasteiger partial charge in [0.2, 0.25) is 0 Å².